The first-order valence-electron chi connectivity index (χ1n) is 8.18. The fourth-order valence-corrected chi connectivity index (χ4v) is 2.36. The highest BCUT2D eigenvalue weighted by molar-refractivity contribution is 6.39. The number of carbonyl (C=O) groups excluding carboxylic acids is 2. The van der Waals surface area contributed by atoms with Crippen molar-refractivity contribution >= 4 is 29.1 Å². The molecule has 0 aliphatic rings. The number of hydrogen-bond acceptors (Lipinski definition) is 4. The third kappa shape index (κ3) is 5.67. The van der Waals surface area contributed by atoms with E-state index in [2.05, 4.69) is 10.6 Å². The van der Waals surface area contributed by atoms with E-state index < -0.39 is 11.8 Å². The summed E-state index contributed by atoms with van der Waals surface area (Å²) in [6.07, 6.45) is 0.892. The van der Waals surface area contributed by atoms with Gasteiger partial charge in [-0.2, -0.15) is 0 Å². The summed E-state index contributed by atoms with van der Waals surface area (Å²) >= 11 is 5.85. The summed E-state index contributed by atoms with van der Waals surface area (Å²) in [6.45, 7) is 2.80. The van der Waals surface area contributed by atoms with Crippen LogP contribution in [0.3, 0.4) is 0 Å². The summed E-state index contributed by atoms with van der Waals surface area (Å²) < 4.78 is 10.9. The van der Waals surface area contributed by atoms with Crippen LogP contribution in [0.25, 0.3) is 0 Å². The number of ether oxygens (including phenoxy) is 2. The van der Waals surface area contributed by atoms with Crippen LogP contribution in [-0.2, 0) is 16.1 Å². The Morgan fingerprint density at radius 2 is 1.88 bits per heavy atom. The smallest absolute Gasteiger partial charge is 0.313 e. The lowest BCUT2D eigenvalue weighted by Crippen LogP contribution is -2.34. The maximum atomic E-state index is 12.0. The topological polar surface area (TPSA) is 76.7 Å². The number of halogens is 1. The highest BCUT2D eigenvalue weighted by atomic mass is 35.5. The second kappa shape index (κ2) is 9.68. The molecular weight excluding hydrogens is 356 g/mol. The quantitative estimate of drug-likeness (QED) is 0.726. The van der Waals surface area contributed by atoms with Gasteiger partial charge >= 0.3 is 11.8 Å². The zero-order valence-corrected chi connectivity index (χ0v) is 15.4. The molecule has 26 heavy (non-hydrogen) atoms. The fourth-order valence-electron chi connectivity index (χ4n) is 2.17. The standard InChI is InChI=1S/C19H21ClN2O4/c1-3-9-26-16-8-7-13(10-17(16)25-2)12-21-18(23)19(24)22-15-6-4-5-14(20)11-15/h4-8,10-11H,3,9,12H2,1-2H3,(H,21,23)(H,22,24). The van der Waals surface area contributed by atoms with Crippen LogP contribution < -0.4 is 20.1 Å². The van der Waals surface area contributed by atoms with Crippen molar-refractivity contribution in [3.05, 3.63) is 53.1 Å². The van der Waals surface area contributed by atoms with Crippen molar-refractivity contribution in [1.29, 1.82) is 0 Å². The number of amides is 2. The predicted octanol–water partition coefficient (Wildman–Crippen LogP) is 3.39. The van der Waals surface area contributed by atoms with Crippen LogP contribution in [0.2, 0.25) is 5.02 Å². The Morgan fingerprint density at radius 1 is 1.08 bits per heavy atom. The van der Waals surface area contributed by atoms with Gasteiger partial charge in [-0.05, 0) is 42.3 Å². The molecule has 0 unspecified atom stereocenters. The highest BCUT2D eigenvalue weighted by Gasteiger charge is 2.14. The van der Waals surface area contributed by atoms with Crippen molar-refractivity contribution in [1.82, 2.24) is 5.32 Å². The second-order valence-corrected chi connectivity index (χ2v) is 5.92. The van der Waals surface area contributed by atoms with Crippen LogP contribution >= 0.6 is 11.6 Å². The third-order valence-corrected chi connectivity index (χ3v) is 3.67. The van der Waals surface area contributed by atoms with Crippen LogP contribution in [0, 0.1) is 0 Å². The van der Waals surface area contributed by atoms with Gasteiger partial charge < -0.3 is 20.1 Å². The Bertz CT molecular complexity index is 780. The maximum absolute atomic E-state index is 12.0. The van der Waals surface area contributed by atoms with Crippen LogP contribution in [0.4, 0.5) is 5.69 Å². The number of anilines is 1. The minimum Gasteiger partial charge on any atom is -0.493 e. The van der Waals surface area contributed by atoms with Gasteiger partial charge in [0.15, 0.2) is 11.5 Å². The second-order valence-electron chi connectivity index (χ2n) is 5.48. The van der Waals surface area contributed by atoms with Crippen molar-refractivity contribution in [2.24, 2.45) is 0 Å². The zero-order chi connectivity index (χ0) is 18.9. The van der Waals surface area contributed by atoms with E-state index in [0.717, 1.165) is 12.0 Å². The molecule has 0 aliphatic heterocycles. The van der Waals surface area contributed by atoms with Gasteiger partial charge in [0.25, 0.3) is 0 Å². The average Bonchev–Trinajstić information content (AvgIpc) is 2.64. The molecule has 2 rings (SSSR count). The molecule has 0 saturated heterocycles. The molecule has 0 aliphatic carbocycles. The summed E-state index contributed by atoms with van der Waals surface area (Å²) in [5.41, 5.74) is 1.24. The SMILES string of the molecule is CCCOc1ccc(CNC(=O)C(=O)Nc2cccc(Cl)c2)cc1OC. The first-order valence-corrected chi connectivity index (χ1v) is 8.55. The molecule has 0 atom stereocenters. The monoisotopic (exact) mass is 376 g/mol. The predicted molar refractivity (Wildman–Crippen MR) is 101 cm³/mol. The minimum atomic E-state index is -0.762. The molecular formula is C19H21ClN2O4. The molecule has 2 aromatic rings. The minimum absolute atomic E-state index is 0.187. The van der Waals surface area contributed by atoms with E-state index in [-0.39, 0.29) is 6.54 Å². The van der Waals surface area contributed by atoms with Gasteiger partial charge in [0, 0.05) is 17.3 Å². The summed E-state index contributed by atoms with van der Waals surface area (Å²) in [6, 6.07) is 11.9. The molecule has 2 N–H and O–H groups in total. The largest absolute Gasteiger partial charge is 0.493 e. The highest BCUT2D eigenvalue weighted by Crippen LogP contribution is 2.28. The molecule has 0 spiro atoms. The van der Waals surface area contributed by atoms with E-state index >= 15 is 0 Å². The lowest BCUT2D eigenvalue weighted by molar-refractivity contribution is -0.136. The molecule has 0 saturated carbocycles. The summed E-state index contributed by atoms with van der Waals surface area (Å²) in [5, 5.41) is 5.53. The van der Waals surface area contributed by atoms with Gasteiger partial charge in [-0.1, -0.05) is 30.7 Å². The van der Waals surface area contributed by atoms with Gasteiger partial charge in [0.05, 0.1) is 13.7 Å². The molecule has 0 radical (unpaired) electrons. The van der Waals surface area contributed by atoms with E-state index in [1.807, 2.05) is 13.0 Å². The molecule has 0 heterocycles. The Kier molecular flexibility index (Phi) is 7.29. The van der Waals surface area contributed by atoms with Crippen molar-refractivity contribution < 1.29 is 19.1 Å². The van der Waals surface area contributed by atoms with Gasteiger partial charge in [0.1, 0.15) is 0 Å². The van der Waals surface area contributed by atoms with E-state index in [9.17, 15) is 9.59 Å². The lowest BCUT2D eigenvalue weighted by atomic mass is 10.2. The van der Waals surface area contributed by atoms with Crippen LogP contribution in [0.15, 0.2) is 42.5 Å². The van der Waals surface area contributed by atoms with Gasteiger partial charge in [-0.25, -0.2) is 0 Å². The number of carbonyl (C=O) groups is 2. The number of hydrogen-bond donors (Lipinski definition) is 2. The van der Waals surface area contributed by atoms with Crippen LogP contribution in [-0.4, -0.2) is 25.5 Å². The number of benzene rings is 2. The molecule has 0 bridgehead atoms. The van der Waals surface area contributed by atoms with Crippen molar-refractivity contribution in [3.63, 3.8) is 0 Å². The molecule has 6 nitrogen and oxygen atoms in total. The molecule has 0 fully saturated rings. The molecule has 0 aromatic heterocycles. The normalized spacial score (nSPS) is 10.1. The van der Waals surface area contributed by atoms with Gasteiger partial charge in [-0.15, -0.1) is 0 Å². The number of nitrogens with one attached hydrogen (secondary N) is 2. The summed E-state index contributed by atoms with van der Waals surface area (Å²) in [7, 11) is 1.55. The lowest BCUT2D eigenvalue weighted by Gasteiger charge is -2.12. The van der Waals surface area contributed by atoms with E-state index in [1.165, 1.54) is 0 Å². The Labute approximate surface area is 157 Å². The molecule has 2 amide bonds. The molecule has 138 valence electrons. The first kappa shape index (κ1) is 19.6. The van der Waals surface area contributed by atoms with Crippen molar-refractivity contribution in [3.8, 4) is 11.5 Å². The van der Waals surface area contributed by atoms with Crippen molar-refractivity contribution in [2.45, 2.75) is 19.9 Å². The maximum Gasteiger partial charge on any atom is 0.313 e. The van der Waals surface area contributed by atoms with Gasteiger partial charge in [0.2, 0.25) is 0 Å². The average molecular weight is 377 g/mol. The van der Waals surface area contributed by atoms with E-state index in [1.54, 1.807) is 43.5 Å². The summed E-state index contributed by atoms with van der Waals surface area (Å²) in [5.74, 6) is -0.283. The Morgan fingerprint density at radius 3 is 2.58 bits per heavy atom. The molecule has 7 heteroatoms. The van der Waals surface area contributed by atoms with E-state index in [0.29, 0.717) is 28.8 Å². The third-order valence-electron chi connectivity index (χ3n) is 3.43. The zero-order valence-electron chi connectivity index (χ0n) is 14.7. The van der Waals surface area contributed by atoms with Crippen LogP contribution in [0.5, 0.6) is 11.5 Å². The van der Waals surface area contributed by atoms with E-state index in [4.69, 9.17) is 21.1 Å². The Hall–Kier alpha value is -2.73. The number of rotatable bonds is 7. The summed E-state index contributed by atoms with van der Waals surface area (Å²) in [4.78, 5) is 23.9. The van der Waals surface area contributed by atoms with Crippen molar-refractivity contribution in [2.75, 3.05) is 19.0 Å². The fraction of sp³-hybridized carbons (Fsp3) is 0.263. The Balaban J connectivity index is 1.92. The molecule has 2 aromatic carbocycles. The number of methoxy groups -OCH3 is 1. The van der Waals surface area contributed by atoms with Gasteiger partial charge in [-0.3, -0.25) is 9.59 Å². The van der Waals surface area contributed by atoms with Crippen LogP contribution in [0.1, 0.15) is 18.9 Å². The first-order chi connectivity index (χ1) is 12.5.